The maximum absolute atomic E-state index is 13.1. The molecule has 34 heavy (non-hydrogen) atoms. The topological polar surface area (TPSA) is 78.8 Å². The second kappa shape index (κ2) is 10.1. The lowest BCUT2D eigenvalue weighted by Gasteiger charge is -2.23. The Morgan fingerprint density at radius 3 is 2.29 bits per heavy atom. The van der Waals surface area contributed by atoms with E-state index in [1.807, 2.05) is 42.5 Å². The average molecular weight is 470 g/mol. The molecule has 0 unspecified atom stereocenters. The molecule has 0 aliphatic rings. The Labute approximate surface area is 198 Å². The Hall–Kier alpha value is -4.23. The van der Waals surface area contributed by atoms with Crippen LogP contribution in [-0.2, 0) is 10.0 Å². The van der Waals surface area contributed by atoms with Crippen LogP contribution in [0, 0.1) is 0 Å². The SMILES string of the molecule is C=CCN(c1ccc(C(=O)N/N=C\c2cccc3ccccc23)cc1)S(=O)(=O)c1ccccc1. The van der Waals surface area contributed by atoms with Gasteiger partial charge in [0.2, 0.25) is 0 Å². The van der Waals surface area contributed by atoms with Gasteiger partial charge in [-0.05, 0) is 47.2 Å². The van der Waals surface area contributed by atoms with Gasteiger partial charge in [-0.1, -0.05) is 66.7 Å². The average Bonchev–Trinajstić information content (AvgIpc) is 2.88. The summed E-state index contributed by atoms with van der Waals surface area (Å²) in [5.41, 5.74) is 4.20. The molecular formula is C27H23N3O3S. The zero-order chi connectivity index (χ0) is 24.0. The van der Waals surface area contributed by atoms with E-state index in [4.69, 9.17) is 0 Å². The first-order chi connectivity index (χ1) is 16.5. The molecule has 4 rings (SSSR count). The van der Waals surface area contributed by atoms with Gasteiger partial charge in [0, 0.05) is 11.1 Å². The fourth-order valence-electron chi connectivity index (χ4n) is 3.55. The van der Waals surface area contributed by atoms with Crippen molar-refractivity contribution in [3.05, 3.63) is 121 Å². The van der Waals surface area contributed by atoms with Crippen molar-refractivity contribution < 1.29 is 13.2 Å². The van der Waals surface area contributed by atoms with Gasteiger partial charge in [-0.25, -0.2) is 13.8 Å². The van der Waals surface area contributed by atoms with E-state index in [0.29, 0.717) is 11.3 Å². The van der Waals surface area contributed by atoms with Gasteiger partial charge >= 0.3 is 0 Å². The lowest BCUT2D eigenvalue weighted by Crippen LogP contribution is -2.31. The number of fused-ring (bicyclic) bond motifs is 1. The Kier molecular flexibility index (Phi) is 6.85. The third-order valence-electron chi connectivity index (χ3n) is 5.24. The molecule has 0 aliphatic heterocycles. The van der Waals surface area contributed by atoms with E-state index in [-0.39, 0.29) is 11.4 Å². The molecule has 7 heteroatoms. The van der Waals surface area contributed by atoms with Crippen molar-refractivity contribution in [1.29, 1.82) is 0 Å². The van der Waals surface area contributed by atoms with Gasteiger partial charge in [0.1, 0.15) is 0 Å². The zero-order valence-electron chi connectivity index (χ0n) is 18.3. The summed E-state index contributed by atoms with van der Waals surface area (Å²) in [4.78, 5) is 12.7. The third kappa shape index (κ3) is 4.89. The number of amides is 1. The van der Waals surface area contributed by atoms with Gasteiger partial charge in [0.15, 0.2) is 0 Å². The minimum Gasteiger partial charge on any atom is -0.267 e. The van der Waals surface area contributed by atoms with Crippen LogP contribution in [0.3, 0.4) is 0 Å². The minimum atomic E-state index is -3.77. The van der Waals surface area contributed by atoms with Crippen molar-refractivity contribution in [2.45, 2.75) is 4.90 Å². The molecule has 0 radical (unpaired) electrons. The number of carbonyl (C=O) groups excluding carboxylic acids is 1. The number of nitrogens with one attached hydrogen (secondary N) is 1. The van der Waals surface area contributed by atoms with Crippen LogP contribution in [0.4, 0.5) is 5.69 Å². The maximum atomic E-state index is 13.1. The summed E-state index contributed by atoms with van der Waals surface area (Å²) in [6, 6.07) is 28.3. The van der Waals surface area contributed by atoms with Gasteiger partial charge in [-0.2, -0.15) is 5.10 Å². The van der Waals surface area contributed by atoms with Gasteiger partial charge in [-0.15, -0.1) is 6.58 Å². The molecule has 4 aromatic rings. The third-order valence-corrected chi connectivity index (χ3v) is 7.04. The summed E-state index contributed by atoms with van der Waals surface area (Å²) >= 11 is 0. The molecule has 170 valence electrons. The minimum absolute atomic E-state index is 0.0953. The van der Waals surface area contributed by atoms with Crippen LogP contribution in [0.15, 0.2) is 120 Å². The van der Waals surface area contributed by atoms with Crippen molar-refractivity contribution in [3.8, 4) is 0 Å². The van der Waals surface area contributed by atoms with Crippen LogP contribution in [0.2, 0.25) is 0 Å². The van der Waals surface area contributed by atoms with E-state index in [2.05, 4.69) is 17.1 Å². The molecule has 0 aliphatic carbocycles. The standard InChI is InChI=1S/C27H23N3O3S/c1-2-19-30(34(32,33)25-12-4-3-5-13-25)24-17-15-22(16-18-24)27(31)29-28-20-23-11-8-10-21-9-6-7-14-26(21)23/h2-18,20H,1,19H2,(H,29,31)/b28-20-. The van der Waals surface area contributed by atoms with E-state index < -0.39 is 15.9 Å². The molecule has 6 nitrogen and oxygen atoms in total. The highest BCUT2D eigenvalue weighted by atomic mass is 32.2. The van der Waals surface area contributed by atoms with Gasteiger partial charge < -0.3 is 0 Å². The molecule has 0 saturated carbocycles. The largest absolute Gasteiger partial charge is 0.271 e. The highest BCUT2D eigenvalue weighted by molar-refractivity contribution is 7.92. The summed E-state index contributed by atoms with van der Waals surface area (Å²) < 4.78 is 27.4. The van der Waals surface area contributed by atoms with Gasteiger partial charge in [-0.3, -0.25) is 9.10 Å². The maximum Gasteiger partial charge on any atom is 0.271 e. The molecule has 4 aromatic carbocycles. The molecule has 0 atom stereocenters. The smallest absolute Gasteiger partial charge is 0.267 e. The molecule has 0 fully saturated rings. The Morgan fingerprint density at radius 2 is 1.56 bits per heavy atom. The number of anilines is 1. The number of rotatable bonds is 8. The first-order valence-electron chi connectivity index (χ1n) is 10.6. The molecule has 0 spiro atoms. The van der Waals surface area contributed by atoms with Crippen molar-refractivity contribution in [2.75, 3.05) is 10.8 Å². The molecule has 1 amide bonds. The molecular weight excluding hydrogens is 446 g/mol. The van der Waals surface area contributed by atoms with E-state index >= 15 is 0 Å². The first kappa shape index (κ1) is 22.9. The van der Waals surface area contributed by atoms with Crippen LogP contribution in [0.5, 0.6) is 0 Å². The first-order valence-corrected chi connectivity index (χ1v) is 12.0. The van der Waals surface area contributed by atoms with Crippen LogP contribution in [0.25, 0.3) is 10.8 Å². The summed E-state index contributed by atoms with van der Waals surface area (Å²) in [6.45, 7) is 3.77. The Balaban J connectivity index is 1.50. The zero-order valence-corrected chi connectivity index (χ0v) is 19.2. The quantitative estimate of drug-likeness (QED) is 0.224. The Bertz CT molecular complexity index is 1440. The number of benzene rings is 4. The predicted octanol–water partition coefficient (Wildman–Crippen LogP) is 4.99. The van der Waals surface area contributed by atoms with E-state index in [1.165, 1.54) is 10.4 Å². The summed E-state index contributed by atoms with van der Waals surface area (Å²) in [6.07, 6.45) is 3.12. The number of hydrogen-bond donors (Lipinski definition) is 1. The van der Waals surface area contributed by atoms with Crippen molar-refractivity contribution in [2.24, 2.45) is 5.10 Å². The van der Waals surface area contributed by atoms with Crippen LogP contribution in [0.1, 0.15) is 15.9 Å². The second-order valence-electron chi connectivity index (χ2n) is 7.45. The van der Waals surface area contributed by atoms with Crippen LogP contribution in [-0.4, -0.2) is 27.1 Å². The van der Waals surface area contributed by atoms with Crippen molar-refractivity contribution in [3.63, 3.8) is 0 Å². The van der Waals surface area contributed by atoms with Gasteiger partial charge in [0.05, 0.1) is 23.3 Å². The number of carbonyl (C=O) groups is 1. The van der Waals surface area contributed by atoms with E-state index in [1.54, 1.807) is 60.8 Å². The van der Waals surface area contributed by atoms with Crippen molar-refractivity contribution in [1.82, 2.24) is 5.43 Å². The fourth-order valence-corrected chi connectivity index (χ4v) is 5.00. The lowest BCUT2D eigenvalue weighted by molar-refractivity contribution is 0.0955. The summed E-state index contributed by atoms with van der Waals surface area (Å²) in [5, 5.41) is 6.21. The second-order valence-corrected chi connectivity index (χ2v) is 9.31. The van der Waals surface area contributed by atoms with E-state index in [9.17, 15) is 13.2 Å². The normalized spacial score (nSPS) is 11.4. The number of nitrogens with zero attached hydrogens (tertiary/aromatic N) is 2. The Morgan fingerprint density at radius 1 is 0.882 bits per heavy atom. The fraction of sp³-hybridized carbons (Fsp3) is 0.0370. The number of hydrazone groups is 1. The van der Waals surface area contributed by atoms with Gasteiger partial charge in [0.25, 0.3) is 15.9 Å². The predicted molar refractivity (Wildman–Crippen MR) is 137 cm³/mol. The molecule has 0 saturated heterocycles. The number of sulfonamides is 1. The highest BCUT2D eigenvalue weighted by Gasteiger charge is 2.23. The molecule has 0 heterocycles. The number of hydrogen-bond acceptors (Lipinski definition) is 4. The molecule has 0 aromatic heterocycles. The molecule has 0 bridgehead atoms. The summed E-state index contributed by atoms with van der Waals surface area (Å²) in [5.74, 6) is -0.399. The van der Waals surface area contributed by atoms with Crippen LogP contribution >= 0.6 is 0 Å². The van der Waals surface area contributed by atoms with E-state index in [0.717, 1.165) is 16.3 Å². The molecule has 1 N–H and O–H groups in total. The lowest BCUT2D eigenvalue weighted by atomic mass is 10.1. The summed E-state index contributed by atoms with van der Waals surface area (Å²) in [7, 11) is -3.77. The monoisotopic (exact) mass is 469 g/mol. The van der Waals surface area contributed by atoms with Crippen molar-refractivity contribution >= 4 is 38.6 Å². The van der Waals surface area contributed by atoms with Crippen LogP contribution < -0.4 is 9.73 Å². The highest BCUT2D eigenvalue weighted by Crippen LogP contribution is 2.24.